The van der Waals surface area contributed by atoms with E-state index in [4.69, 9.17) is 24.5 Å². The zero-order valence-corrected chi connectivity index (χ0v) is 16.6. The Morgan fingerprint density at radius 2 is 1.76 bits per heavy atom. The number of hydrogen-bond donors (Lipinski definition) is 7. The summed E-state index contributed by atoms with van der Waals surface area (Å²) < 4.78 is 50.8. The van der Waals surface area contributed by atoms with E-state index in [1.807, 2.05) is 0 Å². The van der Waals surface area contributed by atoms with Crippen molar-refractivity contribution in [3.8, 4) is 5.75 Å². The summed E-state index contributed by atoms with van der Waals surface area (Å²) in [5.74, 6) is -1.10. The van der Waals surface area contributed by atoms with Gasteiger partial charge in [-0.3, -0.25) is 19.2 Å². The van der Waals surface area contributed by atoms with E-state index >= 15 is 0 Å². The molecular weight excluding hydrogens is 469 g/mol. The van der Waals surface area contributed by atoms with Gasteiger partial charge in [0.25, 0.3) is 5.56 Å². The van der Waals surface area contributed by atoms with Gasteiger partial charge < -0.3 is 34.2 Å². The van der Waals surface area contributed by atoms with Crippen LogP contribution in [0.4, 0.5) is 0 Å². The SMILES string of the molecule is O=c1[nH]c(=O)n([C@H]2C[C@H](O)[C@@H](CO)O2)cc1OP(=O)(O)OP(=O)(O)OP(=O)(O)O. The summed E-state index contributed by atoms with van der Waals surface area (Å²) in [6.07, 6.45) is -3.12. The molecule has 1 aliphatic rings. The fraction of sp³-hybridized carbons (Fsp3) is 0.556. The minimum Gasteiger partial charge on any atom is -0.396 e. The molecule has 0 aromatic carbocycles. The fourth-order valence-corrected chi connectivity index (χ4v) is 5.23. The third-order valence-corrected chi connectivity index (χ3v) is 7.01. The first-order valence-corrected chi connectivity index (χ1v) is 11.8. The lowest BCUT2D eigenvalue weighted by atomic mass is 10.2. The molecule has 2 unspecified atom stereocenters. The first-order chi connectivity index (χ1) is 13.1. The molecule has 2 rings (SSSR count). The molecule has 29 heavy (non-hydrogen) atoms. The summed E-state index contributed by atoms with van der Waals surface area (Å²) in [5, 5.41) is 18.7. The topological polar surface area (TPSA) is 264 Å². The highest BCUT2D eigenvalue weighted by Gasteiger charge is 2.42. The lowest BCUT2D eigenvalue weighted by molar-refractivity contribution is -0.0460. The number of nitrogens with one attached hydrogen (secondary N) is 1. The zero-order valence-electron chi connectivity index (χ0n) is 13.9. The second-order valence-corrected chi connectivity index (χ2v) is 9.80. The molecule has 1 aromatic heterocycles. The van der Waals surface area contributed by atoms with Crippen molar-refractivity contribution in [1.82, 2.24) is 9.55 Å². The number of phosphoric ester groups is 1. The van der Waals surface area contributed by atoms with Crippen molar-refractivity contribution in [3.05, 3.63) is 27.0 Å². The number of aliphatic hydroxyl groups excluding tert-OH is 2. The van der Waals surface area contributed by atoms with Gasteiger partial charge in [-0.15, -0.1) is 0 Å². The molecule has 0 radical (unpaired) electrons. The van der Waals surface area contributed by atoms with Crippen LogP contribution in [0.15, 0.2) is 15.8 Å². The van der Waals surface area contributed by atoms with Crippen LogP contribution >= 0.6 is 23.5 Å². The summed E-state index contributed by atoms with van der Waals surface area (Å²) in [4.78, 5) is 60.8. The first kappa shape index (κ1) is 24.1. The van der Waals surface area contributed by atoms with Gasteiger partial charge >= 0.3 is 29.2 Å². The first-order valence-electron chi connectivity index (χ1n) is 7.26. The molecule has 20 heteroatoms. The van der Waals surface area contributed by atoms with E-state index < -0.39 is 65.5 Å². The maximum absolute atomic E-state index is 11.9. The van der Waals surface area contributed by atoms with E-state index in [-0.39, 0.29) is 6.42 Å². The van der Waals surface area contributed by atoms with Crippen LogP contribution in [0, 0.1) is 0 Å². The Hall–Kier alpha value is -1.19. The lowest BCUT2D eigenvalue weighted by Crippen LogP contribution is -2.33. The second-order valence-electron chi connectivity index (χ2n) is 5.46. The molecule has 0 spiro atoms. The van der Waals surface area contributed by atoms with E-state index in [1.54, 1.807) is 4.98 Å². The van der Waals surface area contributed by atoms with Crippen molar-refractivity contribution < 1.29 is 61.4 Å². The maximum atomic E-state index is 11.9. The van der Waals surface area contributed by atoms with Gasteiger partial charge in [0.15, 0.2) is 0 Å². The maximum Gasteiger partial charge on any atom is 0.536 e. The van der Waals surface area contributed by atoms with Gasteiger partial charge in [-0.2, -0.15) is 8.62 Å². The normalized spacial score (nSPS) is 26.6. The average Bonchev–Trinajstić information content (AvgIpc) is 2.86. The highest BCUT2D eigenvalue weighted by atomic mass is 31.3. The molecule has 1 saturated heterocycles. The molecule has 5 atom stereocenters. The molecule has 7 N–H and O–H groups in total. The number of phosphoric acid groups is 3. The largest absolute Gasteiger partial charge is 0.536 e. The summed E-state index contributed by atoms with van der Waals surface area (Å²) in [6.45, 7) is -0.593. The van der Waals surface area contributed by atoms with Crippen LogP contribution in [0.3, 0.4) is 0 Å². The monoisotopic (exact) mass is 484 g/mol. The standard InChI is InChI=1S/C9H15N2O15P3/c12-3-6-4(13)1-7(23-6)11-2-5(8(14)10-9(11)15)24-28(19,20)26-29(21,22)25-27(16,17)18/h2,4,6-7,12-13H,1,3H2,(H,19,20)(H,21,22)(H,10,14,15)(H2,16,17,18)/t4-,6+,7+/m0/s1. The Morgan fingerprint density at radius 1 is 1.14 bits per heavy atom. The highest BCUT2D eigenvalue weighted by Crippen LogP contribution is 2.65. The van der Waals surface area contributed by atoms with Crippen LogP contribution in [-0.4, -0.2) is 58.2 Å². The molecule has 1 fully saturated rings. The predicted octanol–water partition coefficient (Wildman–Crippen LogP) is -2.12. The number of nitrogens with zero attached hydrogens (tertiary/aromatic N) is 1. The van der Waals surface area contributed by atoms with Crippen molar-refractivity contribution in [2.45, 2.75) is 24.9 Å². The van der Waals surface area contributed by atoms with Gasteiger partial charge in [0.1, 0.15) is 12.3 Å². The second kappa shape index (κ2) is 8.51. The van der Waals surface area contributed by atoms with Crippen molar-refractivity contribution in [2.75, 3.05) is 6.61 Å². The number of hydrogen-bond acceptors (Lipinski definition) is 11. The molecule has 1 aromatic rings. The van der Waals surface area contributed by atoms with Gasteiger partial charge in [-0.1, -0.05) is 0 Å². The third kappa shape index (κ3) is 6.65. The van der Waals surface area contributed by atoms with Crippen molar-refractivity contribution in [2.24, 2.45) is 0 Å². The molecule has 17 nitrogen and oxygen atoms in total. The number of aliphatic hydroxyl groups is 2. The number of ether oxygens (including phenoxy) is 1. The Bertz CT molecular complexity index is 1010. The minimum absolute atomic E-state index is 0.216. The van der Waals surface area contributed by atoms with E-state index in [0.29, 0.717) is 10.8 Å². The van der Waals surface area contributed by atoms with Crippen LogP contribution in [0.1, 0.15) is 12.6 Å². The third-order valence-electron chi connectivity index (χ3n) is 3.26. The van der Waals surface area contributed by atoms with Gasteiger partial charge in [0.05, 0.1) is 18.9 Å². The quantitative estimate of drug-likeness (QED) is 0.195. The Kier molecular flexibility index (Phi) is 7.07. The van der Waals surface area contributed by atoms with Crippen LogP contribution < -0.4 is 15.8 Å². The average molecular weight is 484 g/mol. The molecule has 2 heterocycles. The number of H-pyrrole nitrogens is 1. The molecular formula is C9H15N2O15P3. The van der Waals surface area contributed by atoms with E-state index in [9.17, 15) is 33.3 Å². The fourth-order valence-electron chi connectivity index (χ4n) is 2.22. The van der Waals surface area contributed by atoms with Crippen molar-refractivity contribution >= 4 is 23.5 Å². The van der Waals surface area contributed by atoms with E-state index in [0.717, 1.165) is 0 Å². The van der Waals surface area contributed by atoms with E-state index in [2.05, 4.69) is 13.1 Å². The smallest absolute Gasteiger partial charge is 0.396 e. The number of rotatable bonds is 8. The van der Waals surface area contributed by atoms with Gasteiger partial charge in [0.2, 0.25) is 5.75 Å². The summed E-state index contributed by atoms with van der Waals surface area (Å²) in [6, 6.07) is 0. The number of aromatic nitrogens is 2. The predicted molar refractivity (Wildman–Crippen MR) is 87.4 cm³/mol. The van der Waals surface area contributed by atoms with E-state index in [1.165, 1.54) is 0 Å². The Balaban J connectivity index is 2.28. The van der Waals surface area contributed by atoms with Crippen LogP contribution in [0.25, 0.3) is 0 Å². The zero-order chi connectivity index (χ0) is 22.2. The molecule has 0 bridgehead atoms. The molecule has 166 valence electrons. The summed E-state index contributed by atoms with van der Waals surface area (Å²) in [7, 11) is -17.1. The van der Waals surface area contributed by atoms with Crippen LogP contribution in [0.5, 0.6) is 5.75 Å². The van der Waals surface area contributed by atoms with Crippen molar-refractivity contribution in [3.63, 3.8) is 0 Å². The lowest BCUT2D eigenvalue weighted by Gasteiger charge is -2.18. The molecule has 0 saturated carbocycles. The van der Waals surface area contributed by atoms with Gasteiger partial charge in [-0.05, 0) is 0 Å². The summed E-state index contributed by atoms with van der Waals surface area (Å²) in [5.41, 5.74) is -2.48. The molecule has 0 amide bonds. The Morgan fingerprint density at radius 3 is 2.28 bits per heavy atom. The minimum atomic E-state index is -5.82. The molecule has 0 aliphatic carbocycles. The van der Waals surface area contributed by atoms with Gasteiger partial charge in [-0.25, -0.2) is 18.5 Å². The highest BCUT2D eigenvalue weighted by molar-refractivity contribution is 7.66. The number of aromatic amines is 1. The Labute approximate surface area is 159 Å². The van der Waals surface area contributed by atoms with Crippen LogP contribution in [0.2, 0.25) is 0 Å². The van der Waals surface area contributed by atoms with Crippen molar-refractivity contribution in [1.29, 1.82) is 0 Å². The van der Waals surface area contributed by atoms with Crippen LogP contribution in [-0.2, 0) is 27.1 Å². The summed E-state index contributed by atoms with van der Waals surface area (Å²) >= 11 is 0. The molecule has 1 aliphatic heterocycles. The van der Waals surface area contributed by atoms with Gasteiger partial charge in [0, 0.05) is 6.42 Å².